The van der Waals surface area contributed by atoms with Gasteiger partial charge in [-0.05, 0) is 24.3 Å². The van der Waals surface area contributed by atoms with Crippen LogP contribution in [0.4, 0.5) is 28.9 Å². The Morgan fingerprint density at radius 3 is 2.30 bits per heavy atom. The molecule has 0 bridgehead atoms. The average molecular weight is 300 g/mol. The van der Waals surface area contributed by atoms with Gasteiger partial charge >= 0.3 is 0 Å². The molecule has 2 rings (SSSR count). The zero-order valence-electron chi connectivity index (χ0n) is 9.88. The minimum absolute atomic E-state index is 0.261. The van der Waals surface area contributed by atoms with Crippen LogP contribution in [-0.4, -0.2) is 4.99 Å². The summed E-state index contributed by atoms with van der Waals surface area (Å²) in [6.45, 7) is 0. The van der Waals surface area contributed by atoms with Crippen LogP contribution in [-0.2, 0) is 0 Å². The molecule has 2 nitrogen and oxygen atoms in total. The summed E-state index contributed by atoms with van der Waals surface area (Å²) < 4.78 is 53.8. The first-order valence-corrected chi connectivity index (χ1v) is 5.81. The molecule has 0 heterocycles. The van der Waals surface area contributed by atoms with Crippen LogP contribution in [0.5, 0.6) is 0 Å². The van der Waals surface area contributed by atoms with E-state index >= 15 is 0 Å². The van der Waals surface area contributed by atoms with Crippen LogP contribution in [0.1, 0.15) is 5.56 Å². The van der Waals surface area contributed by atoms with Gasteiger partial charge in [-0.3, -0.25) is 0 Å². The number of benzene rings is 2. The molecule has 0 unspecified atom stereocenters. The van der Waals surface area contributed by atoms with Crippen molar-refractivity contribution in [3.8, 4) is 0 Å². The van der Waals surface area contributed by atoms with Crippen molar-refractivity contribution < 1.29 is 17.6 Å². The van der Waals surface area contributed by atoms with E-state index in [0.717, 1.165) is 30.3 Å². The maximum atomic E-state index is 13.8. The fourth-order valence-electron chi connectivity index (χ4n) is 1.57. The van der Waals surface area contributed by atoms with Gasteiger partial charge in [0.2, 0.25) is 0 Å². The van der Waals surface area contributed by atoms with Crippen LogP contribution < -0.4 is 11.1 Å². The van der Waals surface area contributed by atoms with E-state index in [1.807, 2.05) is 0 Å². The highest BCUT2D eigenvalue weighted by atomic mass is 32.1. The average Bonchev–Trinajstić information content (AvgIpc) is 2.39. The molecule has 0 spiro atoms. The summed E-state index contributed by atoms with van der Waals surface area (Å²) in [5.41, 5.74) is 4.30. The molecular weight excluding hydrogens is 292 g/mol. The van der Waals surface area contributed by atoms with Gasteiger partial charge in [-0.15, -0.1) is 0 Å². The number of nitrogens with two attached hydrogens (primary N) is 1. The van der Waals surface area contributed by atoms with E-state index in [4.69, 9.17) is 5.73 Å². The van der Waals surface area contributed by atoms with Crippen molar-refractivity contribution in [2.45, 2.75) is 0 Å². The monoisotopic (exact) mass is 300 g/mol. The van der Waals surface area contributed by atoms with E-state index < -0.39 is 23.3 Å². The highest BCUT2D eigenvalue weighted by Gasteiger charge is 2.16. The third kappa shape index (κ3) is 2.72. The first-order valence-electron chi connectivity index (χ1n) is 5.40. The Morgan fingerprint density at radius 2 is 1.65 bits per heavy atom. The van der Waals surface area contributed by atoms with Gasteiger partial charge in [-0.2, -0.15) is 0 Å². The SMILES string of the molecule is NC(=S)c1ccc(Nc2cc(F)ccc2F)c(F)c1F. The smallest absolute Gasteiger partial charge is 0.182 e. The number of hydrogen-bond donors (Lipinski definition) is 2. The van der Waals surface area contributed by atoms with E-state index in [2.05, 4.69) is 17.5 Å². The molecule has 0 aliphatic carbocycles. The van der Waals surface area contributed by atoms with Gasteiger partial charge in [0.25, 0.3) is 0 Å². The summed E-state index contributed by atoms with van der Waals surface area (Å²) in [7, 11) is 0. The minimum Gasteiger partial charge on any atom is -0.389 e. The van der Waals surface area contributed by atoms with E-state index in [1.54, 1.807) is 0 Å². The molecule has 7 heteroatoms. The summed E-state index contributed by atoms with van der Waals surface area (Å²) >= 11 is 4.56. The fourth-order valence-corrected chi connectivity index (χ4v) is 1.73. The second kappa shape index (κ2) is 5.46. The predicted octanol–water partition coefficient (Wildman–Crippen LogP) is 3.62. The van der Waals surface area contributed by atoms with Crippen LogP contribution in [0.3, 0.4) is 0 Å². The summed E-state index contributed by atoms with van der Waals surface area (Å²) in [6.07, 6.45) is 0. The van der Waals surface area contributed by atoms with Crippen molar-refractivity contribution in [3.05, 3.63) is 59.2 Å². The third-order valence-corrected chi connectivity index (χ3v) is 2.77. The van der Waals surface area contributed by atoms with Crippen molar-refractivity contribution in [1.29, 1.82) is 0 Å². The molecule has 0 fully saturated rings. The molecule has 0 radical (unpaired) electrons. The molecule has 0 saturated carbocycles. The lowest BCUT2D eigenvalue weighted by molar-refractivity contribution is 0.510. The first kappa shape index (κ1) is 14.3. The van der Waals surface area contributed by atoms with E-state index in [0.29, 0.717) is 0 Å². The summed E-state index contributed by atoms with van der Waals surface area (Å²) in [6, 6.07) is 4.90. The predicted molar refractivity (Wildman–Crippen MR) is 71.9 cm³/mol. The van der Waals surface area contributed by atoms with Gasteiger partial charge in [0.05, 0.1) is 11.4 Å². The van der Waals surface area contributed by atoms with E-state index in [1.165, 1.54) is 0 Å². The number of anilines is 2. The number of hydrogen-bond acceptors (Lipinski definition) is 2. The summed E-state index contributed by atoms with van der Waals surface area (Å²) in [5.74, 6) is -4.04. The second-order valence-corrected chi connectivity index (χ2v) is 4.34. The topological polar surface area (TPSA) is 38.0 Å². The highest BCUT2D eigenvalue weighted by Crippen LogP contribution is 2.26. The Morgan fingerprint density at radius 1 is 0.950 bits per heavy atom. The normalized spacial score (nSPS) is 10.4. The van der Waals surface area contributed by atoms with Crippen molar-refractivity contribution in [1.82, 2.24) is 0 Å². The summed E-state index contributed by atoms with van der Waals surface area (Å²) in [4.78, 5) is -0.301. The number of thiocarbonyl (C=S) groups is 1. The maximum absolute atomic E-state index is 13.8. The van der Waals surface area contributed by atoms with E-state index in [-0.39, 0.29) is 21.9 Å². The molecule has 3 N–H and O–H groups in total. The molecule has 0 atom stereocenters. The fraction of sp³-hybridized carbons (Fsp3) is 0. The third-order valence-electron chi connectivity index (χ3n) is 2.55. The quantitative estimate of drug-likeness (QED) is 0.671. The zero-order chi connectivity index (χ0) is 14.9. The van der Waals surface area contributed by atoms with Crippen molar-refractivity contribution in [2.24, 2.45) is 5.73 Å². The molecule has 104 valence electrons. The van der Waals surface area contributed by atoms with Gasteiger partial charge in [-0.1, -0.05) is 12.2 Å². The Bertz CT molecular complexity index is 688. The van der Waals surface area contributed by atoms with Crippen molar-refractivity contribution >= 4 is 28.6 Å². The van der Waals surface area contributed by atoms with Crippen LogP contribution in [0.15, 0.2) is 30.3 Å². The molecule has 0 aliphatic rings. The number of halogens is 4. The molecule has 0 aromatic heterocycles. The van der Waals surface area contributed by atoms with Gasteiger partial charge in [0, 0.05) is 11.6 Å². The summed E-state index contributed by atoms with van der Waals surface area (Å²) in [5, 5.41) is 2.27. The first-order chi connectivity index (χ1) is 9.40. The zero-order valence-corrected chi connectivity index (χ0v) is 10.7. The Hall–Kier alpha value is -2.15. The van der Waals surface area contributed by atoms with Gasteiger partial charge < -0.3 is 11.1 Å². The van der Waals surface area contributed by atoms with Crippen LogP contribution in [0, 0.1) is 23.3 Å². The minimum atomic E-state index is -1.28. The number of nitrogens with one attached hydrogen (secondary N) is 1. The Kier molecular flexibility index (Phi) is 3.89. The molecule has 20 heavy (non-hydrogen) atoms. The maximum Gasteiger partial charge on any atom is 0.182 e. The van der Waals surface area contributed by atoms with Crippen molar-refractivity contribution in [2.75, 3.05) is 5.32 Å². The molecular formula is C13H8F4N2S. The molecule has 0 amide bonds. The number of rotatable bonds is 3. The van der Waals surface area contributed by atoms with Crippen LogP contribution in [0.25, 0.3) is 0 Å². The molecule has 2 aromatic rings. The largest absolute Gasteiger partial charge is 0.389 e. The molecule has 0 saturated heterocycles. The van der Waals surface area contributed by atoms with E-state index in [9.17, 15) is 17.6 Å². The second-order valence-electron chi connectivity index (χ2n) is 3.90. The molecule has 2 aromatic carbocycles. The lowest BCUT2D eigenvalue weighted by atomic mass is 10.1. The highest BCUT2D eigenvalue weighted by molar-refractivity contribution is 7.80. The van der Waals surface area contributed by atoms with Gasteiger partial charge in [-0.25, -0.2) is 17.6 Å². The van der Waals surface area contributed by atoms with Gasteiger partial charge in [0.15, 0.2) is 11.6 Å². The Balaban J connectivity index is 2.42. The lowest BCUT2D eigenvalue weighted by Gasteiger charge is -2.11. The lowest BCUT2D eigenvalue weighted by Crippen LogP contribution is -2.13. The Labute approximate surface area is 117 Å². The molecule has 0 aliphatic heterocycles. The van der Waals surface area contributed by atoms with Crippen LogP contribution in [0.2, 0.25) is 0 Å². The van der Waals surface area contributed by atoms with Crippen molar-refractivity contribution in [3.63, 3.8) is 0 Å². The van der Waals surface area contributed by atoms with Gasteiger partial charge in [0.1, 0.15) is 16.6 Å². The standard InChI is InChI=1S/C13H8F4N2S/c14-6-1-3-8(15)10(5-6)19-9-4-2-7(13(18)20)11(16)12(9)17/h1-5,19H,(H2,18,20). The van der Waals surface area contributed by atoms with Crippen LogP contribution >= 0.6 is 12.2 Å².